The summed E-state index contributed by atoms with van der Waals surface area (Å²) in [5.74, 6) is -0.0851. The van der Waals surface area contributed by atoms with Crippen molar-refractivity contribution in [2.45, 2.75) is 45.8 Å². The van der Waals surface area contributed by atoms with Crippen molar-refractivity contribution in [1.82, 2.24) is 16.0 Å². The quantitative estimate of drug-likeness (QED) is 0.178. The molecule has 0 aliphatic heterocycles. The molecule has 1 amide bonds. The minimum atomic E-state index is -0.482. The van der Waals surface area contributed by atoms with Gasteiger partial charge in [-0.1, -0.05) is 20.3 Å². The van der Waals surface area contributed by atoms with Gasteiger partial charge in [-0.15, -0.1) is 0 Å². The van der Waals surface area contributed by atoms with Crippen LogP contribution in [0.1, 0.15) is 39.5 Å². The number of nitrogens with one attached hydrogen (secondary N) is 3. The fraction of sp³-hybridized carbons (Fsp3) is 0.944. The van der Waals surface area contributed by atoms with Crippen molar-refractivity contribution in [1.29, 1.82) is 0 Å². The number of hydrogen-bond acceptors (Lipinski definition) is 7. The van der Waals surface area contributed by atoms with Crippen molar-refractivity contribution in [3.8, 4) is 0 Å². The van der Waals surface area contributed by atoms with Crippen LogP contribution in [0.2, 0.25) is 0 Å². The zero-order chi connectivity index (χ0) is 19.3. The maximum atomic E-state index is 11.4. The van der Waals surface area contributed by atoms with E-state index in [1.165, 1.54) is 0 Å². The van der Waals surface area contributed by atoms with Crippen LogP contribution in [0.15, 0.2) is 0 Å². The fourth-order valence-electron chi connectivity index (χ4n) is 2.06. The lowest BCUT2D eigenvalue weighted by atomic mass is 10.3. The average Bonchev–Trinajstić information content (AvgIpc) is 2.63. The van der Waals surface area contributed by atoms with Crippen molar-refractivity contribution < 1.29 is 24.1 Å². The molecule has 0 saturated heterocycles. The van der Waals surface area contributed by atoms with Crippen molar-refractivity contribution in [2.24, 2.45) is 0 Å². The van der Waals surface area contributed by atoms with Crippen molar-refractivity contribution in [3.63, 3.8) is 0 Å². The van der Waals surface area contributed by atoms with Gasteiger partial charge < -0.3 is 30.0 Å². The van der Waals surface area contributed by atoms with Gasteiger partial charge in [0, 0.05) is 13.1 Å². The monoisotopic (exact) mass is 377 g/mol. The third kappa shape index (κ3) is 19.6. The molecule has 4 N–H and O–H groups in total. The largest absolute Gasteiger partial charge is 0.379 e. The van der Waals surface area contributed by atoms with Crippen LogP contribution < -0.4 is 16.0 Å². The van der Waals surface area contributed by atoms with E-state index in [1.807, 2.05) is 0 Å². The number of rotatable bonds is 20. The van der Waals surface area contributed by atoms with Crippen LogP contribution in [0.5, 0.6) is 0 Å². The molecule has 0 aromatic heterocycles. The van der Waals surface area contributed by atoms with Crippen LogP contribution in [0, 0.1) is 0 Å². The summed E-state index contributed by atoms with van der Waals surface area (Å²) in [5.41, 5.74) is 0. The minimum absolute atomic E-state index is 0.0755. The topological polar surface area (TPSA) is 101 Å². The maximum Gasteiger partial charge on any atom is 0.245 e. The van der Waals surface area contributed by atoms with Crippen LogP contribution >= 0.6 is 0 Å². The Morgan fingerprint density at radius 1 is 0.923 bits per heavy atom. The lowest BCUT2D eigenvalue weighted by Gasteiger charge is -2.13. The molecular weight excluding hydrogens is 338 g/mol. The number of amides is 1. The summed E-state index contributed by atoms with van der Waals surface area (Å²) in [7, 11) is 0. The number of hydrogen-bond donors (Lipinski definition) is 4. The SMILES string of the molecule is CCCCNC(=O)COCCOCCOCCNC(O)CCCNCC. The highest BCUT2D eigenvalue weighted by molar-refractivity contribution is 5.77. The molecule has 0 saturated carbocycles. The van der Waals surface area contributed by atoms with Crippen LogP contribution in [0.25, 0.3) is 0 Å². The molecule has 0 radical (unpaired) electrons. The van der Waals surface area contributed by atoms with Gasteiger partial charge in [0.25, 0.3) is 0 Å². The molecule has 0 fully saturated rings. The van der Waals surface area contributed by atoms with Crippen LogP contribution in [-0.4, -0.2) is 83.1 Å². The Balaban J connectivity index is 3.18. The number of aliphatic hydroxyl groups excluding tert-OH is 1. The summed E-state index contributed by atoms with van der Waals surface area (Å²) >= 11 is 0. The molecule has 0 aliphatic rings. The number of carbonyl (C=O) groups excluding carboxylic acids is 1. The lowest BCUT2D eigenvalue weighted by molar-refractivity contribution is -0.126. The van der Waals surface area contributed by atoms with Gasteiger partial charge in [0.1, 0.15) is 12.8 Å². The van der Waals surface area contributed by atoms with E-state index < -0.39 is 6.23 Å². The van der Waals surface area contributed by atoms with Gasteiger partial charge in [0.2, 0.25) is 5.91 Å². The highest BCUT2D eigenvalue weighted by Gasteiger charge is 2.02. The highest BCUT2D eigenvalue weighted by Crippen LogP contribution is 1.92. The standard InChI is InChI=1S/C18H39N3O5/c1-3-5-9-20-18(23)16-26-15-14-25-13-12-24-11-10-21-17(22)7-6-8-19-4-2/h17,19,21-22H,3-16H2,1-2H3,(H,20,23). The van der Waals surface area contributed by atoms with Crippen LogP contribution in [0.4, 0.5) is 0 Å². The number of unbranched alkanes of at least 4 members (excludes halogenated alkanes) is 1. The lowest BCUT2D eigenvalue weighted by Crippen LogP contribution is -2.32. The van der Waals surface area contributed by atoms with Gasteiger partial charge in [-0.05, 0) is 32.4 Å². The van der Waals surface area contributed by atoms with E-state index >= 15 is 0 Å². The zero-order valence-corrected chi connectivity index (χ0v) is 16.6. The Morgan fingerprint density at radius 2 is 1.62 bits per heavy atom. The zero-order valence-electron chi connectivity index (χ0n) is 16.6. The third-order valence-corrected chi connectivity index (χ3v) is 3.54. The highest BCUT2D eigenvalue weighted by atomic mass is 16.5. The van der Waals surface area contributed by atoms with E-state index in [0.717, 1.165) is 38.8 Å². The first-order valence-corrected chi connectivity index (χ1v) is 9.82. The Kier molecular flexibility index (Phi) is 19.9. The summed E-state index contributed by atoms with van der Waals surface area (Å²) in [6, 6.07) is 0. The molecule has 0 heterocycles. The molecule has 1 unspecified atom stereocenters. The van der Waals surface area contributed by atoms with Crippen LogP contribution in [-0.2, 0) is 19.0 Å². The van der Waals surface area contributed by atoms with E-state index in [1.54, 1.807) is 0 Å². The van der Waals surface area contributed by atoms with E-state index in [2.05, 4.69) is 29.8 Å². The van der Waals surface area contributed by atoms with Crippen molar-refractivity contribution in [3.05, 3.63) is 0 Å². The Labute approximate surface area is 158 Å². The van der Waals surface area contributed by atoms with Crippen molar-refractivity contribution >= 4 is 5.91 Å². The average molecular weight is 378 g/mol. The normalized spacial score (nSPS) is 12.3. The minimum Gasteiger partial charge on any atom is -0.379 e. The fourth-order valence-corrected chi connectivity index (χ4v) is 2.06. The van der Waals surface area contributed by atoms with Gasteiger partial charge in [0.15, 0.2) is 0 Å². The van der Waals surface area contributed by atoms with Gasteiger partial charge in [-0.2, -0.15) is 0 Å². The molecule has 0 aromatic rings. The first kappa shape index (κ1) is 25.2. The summed E-state index contributed by atoms with van der Waals surface area (Å²) in [6.45, 7) is 9.76. The van der Waals surface area contributed by atoms with Gasteiger partial charge >= 0.3 is 0 Å². The predicted molar refractivity (Wildman–Crippen MR) is 102 cm³/mol. The molecule has 0 rings (SSSR count). The Hall–Kier alpha value is -0.770. The van der Waals surface area contributed by atoms with Gasteiger partial charge in [-0.25, -0.2) is 0 Å². The first-order valence-electron chi connectivity index (χ1n) is 9.82. The molecule has 156 valence electrons. The van der Waals surface area contributed by atoms with Gasteiger partial charge in [-0.3, -0.25) is 10.1 Å². The predicted octanol–water partition coefficient (Wildman–Crippen LogP) is 0.250. The Bertz CT molecular complexity index is 309. The van der Waals surface area contributed by atoms with Crippen molar-refractivity contribution in [2.75, 3.05) is 65.8 Å². The van der Waals surface area contributed by atoms with Gasteiger partial charge in [0.05, 0.1) is 33.0 Å². The second-order valence-electron chi connectivity index (χ2n) is 5.95. The molecule has 0 bridgehead atoms. The summed E-state index contributed by atoms with van der Waals surface area (Å²) in [6.07, 6.45) is 3.24. The number of ether oxygens (including phenoxy) is 3. The maximum absolute atomic E-state index is 11.4. The summed E-state index contributed by atoms with van der Waals surface area (Å²) in [4.78, 5) is 11.4. The van der Waals surface area contributed by atoms with E-state index in [4.69, 9.17) is 14.2 Å². The third-order valence-electron chi connectivity index (χ3n) is 3.54. The number of aliphatic hydroxyl groups is 1. The van der Waals surface area contributed by atoms with Crippen LogP contribution in [0.3, 0.4) is 0 Å². The summed E-state index contributed by atoms with van der Waals surface area (Å²) < 4.78 is 16.0. The summed E-state index contributed by atoms with van der Waals surface area (Å²) in [5, 5.41) is 18.7. The number of carbonyl (C=O) groups is 1. The van der Waals surface area contributed by atoms with E-state index in [0.29, 0.717) is 46.1 Å². The molecule has 8 heteroatoms. The molecule has 1 atom stereocenters. The molecule has 0 aromatic carbocycles. The molecule has 8 nitrogen and oxygen atoms in total. The first-order chi connectivity index (χ1) is 12.7. The van der Waals surface area contributed by atoms with E-state index in [-0.39, 0.29) is 12.5 Å². The molecule has 0 aliphatic carbocycles. The Morgan fingerprint density at radius 3 is 2.31 bits per heavy atom. The smallest absolute Gasteiger partial charge is 0.245 e. The molecule has 0 spiro atoms. The van der Waals surface area contributed by atoms with E-state index in [9.17, 15) is 9.90 Å². The molecular formula is C18H39N3O5. The second-order valence-corrected chi connectivity index (χ2v) is 5.95. The molecule has 26 heavy (non-hydrogen) atoms. The second kappa shape index (κ2) is 20.5.